The van der Waals surface area contributed by atoms with Crippen LogP contribution in [0.5, 0.6) is 5.88 Å². The first-order valence-corrected chi connectivity index (χ1v) is 9.21. The number of hydrogen-bond acceptors (Lipinski definition) is 6. The maximum Gasteiger partial charge on any atom is 0.271 e. The lowest BCUT2D eigenvalue weighted by atomic mass is 10.2. The number of ether oxygens (including phenoxy) is 1. The maximum absolute atomic E-state index is 12.1. The molecule has 1 amide bonds. The van der Waals surface area contributed by atoms with Gasteiger partial charge in [0.25, 0.3) is 5.91 Å². The van der Waals surface area contributed by atoms with Crippen molar-refractivity contribution in [1.82, 2.24) is 9.55 Å². The molecule has 136 valence electrons. The molecule has 1 N–H and O–H groups in total. The SMILES string of the molecule is CCOCCn1c(O)c(N=NC(=O)Cc2nc(C)cs2)c2ccccc21. The first-order valence-electron chi connectivity index (χ1n) is 8.33. The number of amides is 1. The summed E-state index contributed by atoms with van der Waals surface area (Å²) in [6.45, 7) is 5.37. The van der Waals surface area contributed by atoms with Gasteiger partial charge in [-0.2, -0.15) is 0 Å². The summed E-state index contributed by atoms with van der Waals surface area (Å²) in [5, 5.41) is 21.7. The number of aromatic hydroxyl groups is 1. The fraction of sp³-hybridized carbons (Fsp3) is 0.333. The van der Waals surface area contributed by atoms with Gasteiger partial charge < -0.3 is 14.4 Å². The third-order valence-corrected chi connectivity index (χ3v) is 4.78. The lowest BCUT2D eigenvalue weighted by molar-refractivity contribution is -0.117. The summed E-state index contributed by atoms with van der Waals surface area (Å²) in [5.41, 5.74) is 1.99. The molecule has 0 unspecified atom stereocenters. The average Bonchev–Trinajstić information content (AvgIpc) is 3.15. The van der Waals surface area contributed by atoms with E-state index < -0.39 is 5.91 Å². The summed E-state index contributed by atoms with van der Waals surface area (Å²) in [6, 6.07) is 7.47. The van der Waals surface area contributed by atoms with Crippen LogP contribution in [0.1, 0.15) is 17.6 Å². The van der Waals surface area contributed by atoms with Crippen LogP contribution in [-0.4, -0.2) is 33.8 Å². The molecule has 2 aromatic heterocycles. The molecule has 0 aliphatic heterocycles. The lowest BCUT2D eigenvalue weighted by Gasteiger charge is -2.06. The topological polar surface area (TPSA) is 89.1 Å². The van der Waals surface area contributed by atoms with E-state index in [4.69, 9.17) is 4.74 Å². The maximum atomic E-state index is 12.1. The number of aromatic nitrogens is 2. The molecule has 0 radical (unpaired) electrons. The van der Waals surface area contributed by atoms with Crippen molar-refractivity contribution in [3.8, 4) is 5.88 Å². The zero-order valence-corrected chi connectivity index (χ0v) is 15.5. The number of thiazole rings is 1. The Morgan fingerprint density at radius 1 is 1.38 bits per heavy atom. The molecule has 0 spiro atoms. The molecule has 2 heterocycles. The van der Waals surface area contributed by atoms with Crippen molar-refractivity contribution < 1.29 is 14.6 Å². The molecular weight excluding hydrogens is 352 g/mol. The van der Waals surface area contributed by atoms with Gasteiger partial charge in [0.05, 0.1) is 18.5 Å². The number of hydrogen-bond donors (Lipinski definition) is 1. The molecule has 7 nitrogen and oxygen atoms in total. The summed E-state index contributed by atoms with van der Waals surface area (Å²) in [4.78, 5) is 16.3. The molecule has 1 aromatic carbocycles. The van der Waals surface area contributed by atoms with E-state index in [1.165, 1.54) is 11.3 Å². The van der Waals surface area contributed by atoms with Gasteiger partial charge in [-0.1, -0.05) is 18.2 Å². The predicted molar refractivity (Wildman–Crippen MR) is 100 cm³/mol. The van der Waals surface area contributed by atoms with E-state index in [1.807, 2.05) is 43.5 Å². The molecule has 3 aromatic rings. The number of benzene rings is 1. The molecule has 0 fully saturated rings. The number of azo groups is 1. The third kappa shape index (κ3) is 3.97. The smallest absolute Gasteiger partial charge is 0.271 e. The van der Waals surface area contributed by atoms with Crippen LogP contribution in [-0.2, 0) is 22.5 Å². The monoisotopic (exact) mass is 372 g/mol. The predicted octanol–water partition coefficient (Wildman–Crippen LogP) is 4.00. The van der Waals surface area contributed by atoms with Crippen LogP contribution < -0.4 is 0 Å². The summed E-state index contributed by atoms with van der Waals surface area (Å²) in [7, 11) is 0. The van der Waals surface area contributed by atoms with Gasteiger partial charge in [-0.05, 0) is 19.9 Å². The molecular formula is C18H20N4O3S. The first-order chi connectivity index (χ1) is 12.6. The van der Waals surface area contributed by atoms with Crippen molar-refractivity contribution in [1.29, 1.82) is 0 Å². The molecule has 0 saturated heterocycles. The van der Waals surface area contributed by atoms with Crippen LogP contribution in [0.15, 0.2) is 39.9 Å². The molecule has 0 aliphatic rings. The normalized spacial score (nSPS) is 11.6. The van der Waals surface area contributed by atoms with E-state index in [2.05, 4.69) is 15.2 Å². The van der Waals surface area contributed by atoms with Crippen LogP contribution in [0.4, 0.5) is 5.69 Å². The Labute approximate surface area is 155 Å². The van der Waals surface area contributed by atoms with Crippen LogP contribution in [0, 0.1) is 6.92 Å². The molecule has 8 heteroatoms. The Kier molecular flexibility index (Phi) is 5.75. The molecule has 0 bridgehead atoms. The van der Waals surface area contributed by atoms with Crippen LogP contribution in [0.2, 0.25) is 0 Å². The van der Waals surface area contributed by atoms with Gasteiger partial charge in [0.2, 0.25) is 5.88 Å². The highest BCUT2D eigenvalue weighted by Gasteiger charge is 2.16. The van der Waals surface area contributed by atoms with Crippen molar-refractivity contribution in [2.75, 3.05) is 13.2 Å². The van der Waals surface area contributed by atoms with E-state index in [9.17, 15) is 9.90 Å². The molecule has 0 saturated carbocycles. The van der Waals surface area contributed by atoms with E-state index in [1.54, 1.807) is 4.57 Å². The number of carbonyl (C=O) groups excluding carboxylic acids is 1. The van der Waals surface area contributed by atoms with Gasteiger partial charge in [-0.25, -0.2) is 4.98 Å². The van der Waals surface area contributed by atoms with Gasteiger partial charge in [-0.15, -0.1) is 21.6 Å². The van der Waals surface area contributed by atoms with Crippen LogP contribution in [0.3, 0.4) is 0 Å². The number of carbonyl (C=O) groups is 1. The Balaban J connectivity index is 1.84. The zero-order valence-electron chi connectivity index (χ0n) is 14.7. The highest BCUT2D eigenvalue weighted by atomic mass is 32.1. The van der Waals surface area contributed by atoms with Crippen molar-refractivity contribution >= 4 is 33.8 Å². The second-order valence-corrected chi connectivity index (χ2v) is 6.63. The average molecular weight is 372 g/mol. The summed E-state index contributed by atoms with van der Waals surface area (Å²) in [5.74, 6) is -0.419. The van der Waals surface area contributed by atoms with Crippen molar-refractivity contribution in [2.24, 2.45) is 10.2 Å². The van der Waals surface area contributed by atoms with Gasteiger partial charge in [0, 0.05) is 29.6 Å². The van der Waals surface area contributed by atoms with Crippen molar-refractivity contribution in [3.05, 3.63) is 40.3 Å². The standard InChI is InChI=1S/C18H20N4O3S/c1-3-25-9-8-22-14-7-5-4-6-13(14)17(18(22)24)21-20-15(23)10-16-19-12(2)11-26-16/h4-7,11,24H,3,8-10H2,1-2H3. The number of fused-ring (bicyclic) bond motifs is 1. The van der Waals surface area contributed by atoms with Gasteiger partial charge in [0.1, 0.15) is 5.01 Å². The largest absolute Gasteiger partial charge is 0.493 e. The minimum Gasteiger partial charge on any atom is -0.493 e. The third-order valence-electron chi connectivity index (χ3n) is 3.81. The Morgan fingerprint density at radius 2 is 2.19 bits per heavy atom. The summed E-state index contributed by atoms with van der Waals surface area (Å²) < 4.78 is 7.09. The van der Waals surface area contributed by atoms with Crippen LogP contribution in [0.25, 0.3) is 10.9 Å². The first kappa shape index (κ1) is 18.2. The number of para-hydroxylation sites is 1. The van der Waals surface area contributed by atoms with Crippen LogP contribution >= 0.6 is 11.3 Å². The second-order valence-electron chi connectivity index (χ2n) is 5.69. The summed E-state index contributed by atoms with van der Waals surface area (Å²) in [6.07, 6.45) is 0.103. The molecule has 0 aliphatic carbocycles. The lowest BCUT2D eigenvalue weighted by Crippen LogP contribution is -2.05. The Hall–Kier alpha value is -2.58. The second kappa shape index (κ2) is 8.20. The Bertz CT molecular complexity index is 945. The zero-order chi connectivity index (χ0) is 18.5. The van der Waals surface area contributed by atoms with E-state index in [0.29, 0.717) is 30.5 Å². The quantitative estimate of drug-likeness (QED) is 0.501. The van der Waals surface area contributed by atoms with Gasteiger partial charge in [0.15, 0.2) is 5.69 Å². The molecule has 3 rings (SSSR count). The highest BCUT2D eigenvalue weighted by Crippen LogP contribution is 2.38. The highest BCUT2D eigenvalue weighted by molar-refractivity contribution is 7.09. The fourth-order valence-electron chi connectivity index (χ4n) is 2.65. The van der Waals surface area contributed by atoms with Crippen molar-refractivity contribution in [3.63, 3.8) is 0 Å². The minimum atomic E-state index is -0.398. The fourth-order valence-corrected chi connectivity index (χ4v) is 3.41. The molecule has 0 atom stereocenters. The van der Waals surface area contributed by atoms with Gasteiger partial charge in [-0.3, -0.25) is 4.79 Å². The summed E-state index contributed by atoms with van der Waals surface area (Å²) >= 11 is 1.42. The van der Waals surface area contributed by atoms with Crippen molar-refractivity contribution in [2.45, 2.75) is 26.8 Å². The minimum absolute atomic E-state index is 0.0208. The number of aryl methyl sites for hydroxylation is 1. The van der Waals surface area contributed by atoms with Gasteiger partial charge >= 0.3 is 0 Å². The Morgan fingerprint density at radius 3 is 2.92 bits per heavy atom. The van der Waals surface area contributed by atoms with E-state index in [-0.39, 0.29) is 12.3 Å². The number of rotatable bonds is 7. The van der Waals surface area contributed by atoms with E-state index in [0.717, 1.165) is 16.6 Å². The molecule has 26 heavy (non-hydrogen) atoms. The van der Waals surface area contributed by atoms with E-state index >= 15 is 0 Å². The number of nitrogens with zero attached hydrogens (tertiary/aromatic N) is 4.